The van der Waals surface area contributed by atoms with Crippen molar-refractivity contribution in [2.45, 2.75) is 136 Å². The number of nitrogens with one attached hydrogen (secondary N) is 6. The number of hydrogen-bond acceptors (Lipinski definition) is 15. The van der Waals surface area contributed by atoms with E-state index >= 15 is 0 Å². The first kappa shape index (κ1) is 66.5. The molecule has 0 bridgehead atoms. The second-order valence-corrected chi connectivity index (χ2v) is 28.4. The lowest BCUT2D eigenvalue weighted by Gasteiger charge is -2.36. The summed E-state index contributed by atoms with van der Waals surface area (Å²) in [6.45, 7) is 16.5. The first-order valence-electron chi connectivity index (χ1n) is 31.4. The van der Waals surface area contributed by atoms with Crippen LogP contribution in [0.5, 0.6) is 11.5 Å². The fourth-order valence-electron chi connectivity index (χ4n) is 13.3. The minimum Gasteiger partial charge on any atom is -0.484 e. The zero-order valence-electron chi connectivity index (χ0n) is 50.5. The molecule has 6 atom stereocenters. The Morgan fingerprint density at radius 2 is 1.06 bits per heavy atom. The summed E-state index contributed by atoms with van der Waals surface area (Å²) >= 11 is 12.9. The van der Waals surface area contributed by atoms with Crippen LogP contribution >= 0.6 is 23.2 Å². The molecule has 1 unspecified atom stereocenters. The van der Waals surface area contributed by atoms with Crippen molar-refractivity contribution in [3.63, 3.8) is 0 Å². The number of amides is 4. The number of fused-ring (bicyclic) bond motifs is 2. The zero-order chi connectivity index (χ0) is 63.4. The predicted octanol–water partition coefficient (Wildman–Crippen LogP) is 6.54. The molecule has 4 fully saturated rings. The van der Waals surface area contributed by atoms with Crippen molar-refractivity contribution in [2.75, 3.05) is 91.6 Å². The number of halogens is 2. The van der Waals surface area contributed by atoms with Crippen molar-refractivity contribution < 1.29 is 45.5 Å². The molecule has 4 amide bonds. The van der Waals surface area contributed by atoms with E-state index in [0.29, 0.717) is 123 Å². The Kier molecular flexibility index (Phi) is 22.8. The number of nitrogens with zero attached hydrogens (tertiary/aromatic N) is 6. The number of benzene rings is 4. The molecule has 2 aliphatic carbocycles. The van der Waals surface area contributed by atoms with Crippen molar-refractivity contribution in [1.82, 2.24) is 50.3 Å². The topological polar surface area (TPSA) is 268 Å². The number of likely N-dealkylation sites (tertiary alicyclic amines) is 2. The van der Waals surface area contributed by atoms with Crippen LogP contribution in [0.2, 0.25) is 10.0 Å². The number of rotatable bonds is 27. The Morgan fingerprint density at radius 3 is 1.57 bits per heavy atom. The molecule has 0 radical (unpaired) electrons. The maximum atomic E-state index is 13.5. The fourth-order valence-corrected chi connectivity index (χ4v) is 16.2. The summed E-state index contributed by atoms with van der Waals surface area (Å²) in [6, 6.07) is 20.7. The molecule has 0 saturated carbocycles. The van der Waals surface area contributed by atoms with Gasteiger partial charge in [-0.1, -0.05) is 29.6 Å². The van der Waals surface area contributed by atoms with Gasteiger partial charge in [-0.3, -0.25) is 24.2 Å². The maximum Gasteiger partial charge on any atom is 0.314 e. The molecule has 6 aliphatic rings. The normalized spacial score (nSPS) is 21.9. The number of sulfonamides is 2. The highest BCUT2D eigenvalue weighted by molar-refractivity contribution is 7.89. The van der Waals surface area contributed by atoms with Crippen LogP contribution in [0.4, 0.5) is 10.5 Å². The number of Topliss-reactive ketones (excluding diaryl/α,β-unsaturated/α-hetero) is 1. The molecule has 4 saturated heterocycles. The standard InChI is InChI=1S/C64H80Cl2N12O10S2/c1-68-57-37-45(66)36-56-54(57)39-59(76-32-26-70-27-33-76)63(56)88-50-14-18-52(19-15-50)89(83,84)73-46-20-28-77(41-46)60(80)10-5-4-9-48(79)8-3-2-6-22-71-64(82)72-23-7-11-61(81)78-29-21-47(42-78)74-90(85,86)51-16-12-49(13-17-51)87-62-55-35-44(65)34-43(40-67)53(55)38-58(62)75-30-24-69-25-31-75/h12-19,34-37,46-47,58-59,62-63,69-70,73-74H,2-11,20-33,38-39,41-42H2,(H2,71,72,82)/t46-,47-,58-,59?,62-,63-/m0/s1. The number of unbranched alkanes of at least 4 members (excludes halogenated alkanes) is 3. The van der Waals surface area contributed by atoms with E-state index in [-0.39, 0.29) is 78.0 Å². The van der Waals surface area contributed by atoms with Crippen LogP contribution in [-0.4, -0.2) is 176 Å². The smallest absolute Gasteiger partial charge is 0.314 e. The molecule has 22 nitrogen and oxygen atoms in total. The number of hydrogen-bond donors (Lipinski definition) is 6. The second kappa shape index (κ2) is 30.8. The quantitative estimate of drug-likeness (QED) is 0.0273. The van der Waals surface area contributed by atoms with Crippen molar-refractivity contribution in [1.29, 1.82) is 5.26 Å². The second-order valence-electron chi connectivity index (χ2n) is 24.1. The lowest BCUT2D eigenvalue weighted by atomic mass is 10.0. The third kappa shape index (κ3) is 17.0. The van der Waals surface area contributed by atoms with Crippen LogP contribution in [0.25, 0.3) is 4.85 Å². The summed E-state index contributed by atoms with van der Waals surface area (Å²) < 4.78 is 72.7. The number of carbonyl (C=O) groups is 4. The van der Waals surface area contributed by atoms with Crippen LogP contribution in [0, 0.1) is 17.9 Å². The van der Waals surface area contributed by atoms with Crippen molar-refractivity contribution in [2.24, 2.45) is 0 Å². The van der Waals surface area contributed by atoms with Gasteiger partial charge in [0.1, 0.15) is 29.5 Å². The highest BCUT2D eigenvalue weighted by atomic mass is 35.5. The fraction of sp³-hybridized carbons (Fsp3) is 0.531. The number of ketones is 1. The summed E-state index contributed by atoms with van der Waals surface area (Å²) in [6.07, 6.45) is 6.35. The molecule has 4 aromatic rings. The van der Waals surface area contributed by atoms with Gasteiger partial charge in [0, 0.05) is 139 Å². The van der Waals surface area contributed by atoms with Crippen LogP contribution in [0.3, 0.4) is 0 Å². The maximum absolute atomic E-state index is 13.5. The number of nitriles is 1. The molecular weight excluding hydrogens is 1230 g/mol. The van der Waals surface area contributed by atoms with Gasteiger partial charge >= 0.3 is 6.03 Å². The molecular formula is C64H80Cl2N12O10S2. The van der Waals surface area contributed by atoms with Gasteiger partial charge in [-0.2, -0.15) is 5.26 Å². The van der Waals surface area contributed by atoms with E-state index < -0.39 is 44.3 Å². The Hall–Kier alpha value is -6.42. The van der Waals surface area contributed by atoms with Crippen molar-refractivity contribution in [3.05, 3.63) is 122 Å². The largest absolute Gasteiger partial charge is 0.484 e. The SMILES string of the molecule is [C-]#[N+]c1cc(Cl)cc2c1CC(N1CCNCC1)[C@H]2Oc1ccc(S(=O)(=O)N[C@H]2CCN(C(=O)CCCCC(=O)CCCCCNC(=O)NCCCC(=O)N3CC[C@H](NS(=O)(=O)c4ccc(O[C@H]5c6cc(Cl)cc(C#N)c6C[C@@H]5N5CCNCC5)cc4)C3)C2)cc1. The third-order valence-electron chi connectivity index (χ3n) is 18.0. The molecule has 4 heterocycles. The summed E-state index contributed by atoms with van der Waals surface area (Å²) in [4.78, 5) is 63.2. The predicted molar refractivity (Wildman–Crippen MR) is 341 cm³/mol. The molecule has 4 aliphatic heterocycles. The molecule has 26 heteroatoms. The molecule has 10 rings (SSSR count). The highest BCUT2D eigenvalue weighted by Gasteiger charge is 2.42. The van der Waals surface area contributed by atoms with Crippen LogP contribution < -0.4 is 40.2 Å². The summed E-state index contributed by atoms with van der Waals surface area (Å²) in [5, 5.41) is 23.2. The van der Waals surface area contributed by atoms with Gasteiger partial charge < -0.3 is 40.5 Å². The van der Waals surface area contributed by atoms with Crippen molar-refractivity contribution in [3.8, 4) is 17.6 Å². The number of ether oxygens (including phenoxy) is 2. The van der Waals surface area contributed by atoms with E-state index in [4.69, 9.17) is 39.2 Å². The molecule has 0 spiro atoms. The number of piperazine rings is 2. The van der Waals surface area contributed by atoms with E-state index in [2.05, 4.69) is 51.4 Å². The summed E-state index contributed by atoms with van der Waals surface area (Å²) in [5.41, 5.74) is 4.64. The molecule has 6 N–H and O–H groups in total. The monoisotopic (exact) mass is 1310 g/mol. The van der Waals surface area contributed by atoms with E-state index in [1.165, 1.54) is 24.3 Å². The Labute approximate surface area is 538 Å². The average Bonchev–Trinajstić information content (AvgIpc) is 1.66. The van der Waals surface area contributed by atoms with Gasteiger partial charge in [-0.05, 0) is 153 Å². The zero-order valence-corrected chi connectivity index (χ0v) is 53.7. The molecule has 90 heavy (non-hydrogen) atoms. The van der Waals surface area contributed by atoms with E-state index in [1.807, 2.05) is 12.1 Å². The lowest BCUT2D eigenvalue weighted by molar-refractivity contribution is -0.131. The minimum absolute atomic E-state index is 0.0100. The number of carbonyl (C=O) groups excluding carboxylic acids is 4. The van der Waals surface area contributed by atoms with Gasteiger partial charge in [0.15, 0.2) is 5.69 Å². The first-order chi connectivity index (χ1) is 43.4. The van der Waals surface area contributed by atoms with Gasteiger partial charge in [-0.25, -0.2) is 35.9 Å². The Bertz CT molecular complexity index is 3310. The molecule has 0 aromatic heterocycles. The Morgan fingerprint density at radius 1 is 0.600 bits per heavy atom. The third-order valence-corrected chi connectivity index (χ3v) is 21.5. The van der Waals surface area contributed by atoms with Crippen molar-refractivity contribution >= 4 is 72.6 Å². The van der Waals surface area contributed by atoms with E-state index in [9.17, 15) is 41.3 Å². The Balaban J connectivity index is 0.549. The van der Waals surface area contributed by atoms with Crippen LogP contribution in [-0.2, 0) is 47.3 Å². The van der Waals surface area contributed by atoms with Gasteiger partial charge in [0.2, 0.25) is 31.9 Å². The van der Waals surface area contributed by atoms with Crippen LogP contribution in [0.1, 0.15) is 117 Å². The van der Waals surface area contributed by atoms with E-state index in [1.54, 1.807) is 46.2 Å². The highest BCUT2D eigenvalue weighted by Crippen LogP contribution is 2.45. The van der Waals surface area contributed by atoms with Crippen LogP contribution in [0.15, 0.2) is 82.6 Å². The lowest BCUT2D eigenvalue weighted by Crippen LogP contribution is -2.50. The minimum atomic E-state index is -3.92. The van der Waals surface area contributed by atoms with Gasteiger partial charge in [-0.15, -0.1) is 0 Å². The average molecular weight is 1310 g/mol. The van der Waals surface area contributed by atoms with Gasteiger partial charge in [0.25, 0.3) is 0 Å². The first-order valence-corrected chi connectivity index (χ1v) is 35.2. The summed E-state index contributed by atoms with van der Waals surface area (Å²) in [7, 11) is -7.82. The molecule has 4 aromatic carbocycles. The van der Waals surface area contributed by atoms with E-state index in [0.717, 1.165) is 81.0 Å². The summed E-state index contributed by atoms with van der Waals surface area (Å²) in [5.74, 6) is 0.918. The molecule has 482 valence electrons. The number of urea groups is 1. The van der Waals surface area contributed by atoms with Gasteiger partial charge in [0.05, 0.1) is 40.1 Å².